The van der Waals surface area contributed by atoms with Crippen LogP contribution in [0.5, 0.6) is 5.75 Å². The van der Waals surface area contributed by atoms with E-state index in [0.29, 0.717) is 5.56 Å². The highest BCUT2D eigenvalue weighted by Gasteiger charge is 2.12. The molecule has 0 saturated carbocycles. The SMILES string of the molecule is COc1cc([N+](=O)[O-])ccc1NC(=O)N/C=C/c1ccccc1F. The first-order valence-corrected chi connectivity index (χ1v) is 6.82. The lowest BCUT2D eigenvalue weighted by Crippen LogP contribution is -2.24. The minimum absolute atomic E-state index is 0.150. The summed E-state index contributed by atoms with van der Waals surface area (Å²) in [6.07, 6.45) is 2.69. The molecule has 2 N–H and O–H groups in total. The van der Waals surface area contributed by atoms with E-state index in [9.17, 15) is 19.3 Å². The Kier molecular flexibility index (Phi) is 5.45. The second-order valence-electron chi connectivity index (χ2n) is 4.60. The van der Waals surface area contributed by atoms with E-state index in [2.05, 4.69) is 10.6 Å². The fourth-order valence-electron chi connectivity index (χ4n) is 1.87. The number of anilines is 1. The Morgan fingerprint density at radius 2 is 2.04 bits per heavy atom. The molecule has 0 aliphatic heterocycles. The molecule has 2 rings (SSSR count). The molecule has 0 aliphatic carbocycles. The fourth-order valence-corrected chi connectivity index (χ4v) is 1.87. The van der Waals surface area contributed by atoms with Crippen molar-refractivity contribution in [3.05, 3.63) is 70.2 Å². The average molecular weight is 331 g/mol. The van der Waals surface area contributed by atoms with Crippen LogP contribution in [0.15, 0.2) is 48.7 Å². The van der Waals surface area contributed by atoms with Crippen molar-refractivity contribution in [1.29, 1.82) is 0 Å². The number of nitrogens with one attached hydrogen (secondary N) is 2. The summed E-state index contributed by atoms with van der Waals surface area (Å²) in [6.45, 7) is 0. The van der Waals surface area contributed by atoms with Crippen LogP contribution in [0.25, 0.3) is 6.08 Å². The van der Waals surface area contributed by atoms with E-state index in [4.69, 9.17) is 4.74 Å². The molecular formula is C16H14FN3O4. The first-order chi connectivity index (χ1) is 11.5. The normalized spacial score (nSPS) is 10.4. The third-order valence-electron chi connectivity index (χ3n) is 3.03. The standard InChI is InChI=1S/C16H14FN3O4/c1-24-15-10-12(20(22)23)6-7-14(15)19-16(21)18-9-8-11-4-2-3-5-13(11)17/h2-10H,1H3,(H2,18,19,21)/b9-8+. The Balaban J connectivity index is 2.02. The second-order valence-corrected chi connectivity index (χ2v) is 4.60. The van der Waals surface area contributed by atoms with Crippen molar-refractivity contribution in [3.63, 3.8) is 0 Å². The molecule has 0 heterocycles. The van der Waals surface area contributed by atoms with Gasteiger partial charge in [0, 0.05) is 17.8 Å². The maximum Gasteiger partial charge on any atom is 0.323 e. The van der Waals surface area contributed by atoms with Gasteiger partial charge in [-0.1, -0.05) is 18.2 Å². The number of benzene rings is 2. The number of carbonyl (C=O) groups excluding carboxylic acids is 1. The summed E-state index contributed by atoms with van der Waals surface area (Å²) in [5.41, 5.74) is 0.433. The lowest BCUT2D eigenvalue weighted by Gasteiger charge is -2.09. The smallest absolute Gasteiger partial charge is 0.323 e. The second kappa shape index (κ2) is 7.73. The maximum absolute atomic E-state index is 13.4. The summed E-state index contributed by atoms with van der Waals surface area (Å²) < 4.78 is 18.4. The quantitative estimate of drug-likeness (QED) is 0.647. The molecule has 0 spiro atoms. The van der Waals surface area contributed by atoms with Crippen molar-refractivity contribution in [2.45, 2.75) is 0 Å². The van der Waals surface area contributed by atoms with E-state index in [1.165, 1.54) is 43.7 Å². The molecule has 0 bridgehead atoms. The van der Waals surface area contributed by atoms with E-state index < -0.39 is 16.8 Å². The van der Waals surface area contributed by atoms with Crippen molar-refractivity contribution < 1.29 is 18.8 Å². The number of nitro groups is 1. The van der Waals surface area contributed by atoms with Gasteiger partial charge in [-0.2, -0.15) is 0 Å². The van der Waals surface area contributed by atoms with Crippen molar-refractivity contribution >= 4 is 23.5 Å². The molecule has 0 unspecified atom stereocenters. The zero-order chi connectivity index (χ0) is 17.5. The van der Waals surface area contributed by atoms with Gasteiger partial charge in [-0.25, -0.2) is 9.18 Å². The molecule has 0 aromatic heterocycles. The van der Waals surface area contributed by atoms with Crippen LogP contribution in [-0.4, -0.2) is 18.1 Å². The monoisotopic (exact) mass is 331 g/mol. The van der Waals surface area contributed by atoms with Crippen LogP contribution in [0.2, 0.25) is 0 Å². The summed E-state index contributed by atoms with van der Waals surface area (Å²) >= 11 is 0. The van der Waals surface area contributed by atoms with Gasteiger partial charge >= 0.3 is 6.03 Å². The Morgan fingerprint density at radius 1 is 1.29 bits per heavy atom. The summed E-state index contributed by atoms with van der Waals surface area (Å²) in [4.78, 5) is 22.0. The number of hydrogen-bond donors (Lipinski definition) is 2. The Labute approximate surface area is 136 Å². The Morgan fingerprint density at radius 3 is 2.71 bits per heavy atom. The number of halogens is 1. The minimum atomic E-state index is -0.602. The number of carbonyl (C=O) groups is 1. The fraction of sp³-hybridized carbons (Fsp3) is 0.0625. The van der Waals surface area contributed by atoms with Crippen molar-refractivity contribution in [2.24, 2.45) is 0 Å². The van der Waals surface area contributed by atoms with Crippen LogP contribution in [0, 0.1) is 15.9 Å². The number of rotatable bonds is 5. The highest BCUT2D eigenvalue weighted by molar-refractivity contribution is 5.92. The predicted octanol–water partition coefficient (Wildman–Crippen LogP) is 3.53. The van der Waals surface area contributed by atoms with Crippen molar-refractivity contribution in [3.8, 4) is 5.75 Å². The number of urea groups is 1. The van der Waals surface area contributed by atoms with Gasteiger partial charge in [-0.15, -0.1) is 0 Å². The Bertz CT molecular complexity index is 793. The van der Waals surface area contributed by atoms with E-state index in [-0.39, 0.29) is 17.1 Å². The van der Waals surface area contributed by atoms with Crippen LogP contribution >= 0.6 is 0 Å². The lowest BCUT2D eigenvalue weighted by molar-refractivity contribution is -0.384. The van der Waals surface area contributed by atoms with Crippen molar-refractivity contribution in [2.75, 3.05) is 12.4 Å². The molecule has 0 aliphatic rings. The molecule has 24 heavy (non-hydrogen) atoms. The average Bonchev–Trinajstić information content (AvgIpc) is 2.56. The van der Waals surface area contributed by atoms with E-state index >= 15 is 0 Å². The van der Waals surface area contributed by atoms with Gasteiger partial charge in [0.05, 0.1) is 23.8 Å². The molecule has 2 aromatic rings. The number of non-ortho nitro benzene ring substituents is 1. The minimum Gasteiger partial charge on any atom is -0.494 e. The Hall–Kier alpha value is -3.42. The van der Waals surface area contributed by atoms with E-state index in [1.807, 2.05) is 0 Å². The number of hydrogen-bond acceptors (Lipinski definition) is 4. The zero-order valence-corrected chi connectivity index (χ0v) is 12.7. The molecule has 0 atom stereocenters. The first-order valence-electron chi connectivity index (χ1n) is 6.82. The van der Waals surface area contributed by atoms with E-state index in [0.717, 1.165) is 0 Å². The molecule has 0 fully saturated rings. The van der Waals surface area contributed by atoms with Gasteiger partial charge in [-0.05, 0) is 18.2 Å². The number of methoxy groups -OCH3 is 1. The highest BCUT2D eigenvalue weighted by Crippen LogP contribution is 2.28. The molecular weight excluding hydrogens is 317 g/mol. The summed E-state index contributed by atoms with van der Waals surface area (Å²) in [5, 5.41) is 15.6. The predicted molar refractivity (Wildman–Crippen MR) is 87.2 cm³/mol. The van der Waals surface area contributed by atoms with E-state index in [1.54, 1.807) is 18.2 Å². The molecule has 8 heteroatoms. The summed E-state index contributed by atoms with van der Waals surface area (Å²) in [6, 6.07) is 9.30. The van der Waals surface area contributed by atoms with Crippen molar-refractivity contribution in [1.82, 2.24) is 5.32 Å². The van der Waals surface area contributed by atoms with Crippen LogP contribution in [0.3, 0.4) is 0 Å². The van der Waals surface area contributed by atoms with Gasteiger partial charge in [0.1, 0.15) is 11.6 Å². The first kappa shape index (κ1) is 16.9. The molecule has 0 saturated heterocycles. The van der Waals surface area contributed by atoms with Gasteiger partial charge in [-0.3, -0.25) is 10.1 Å². The van der Waals surface area contributed by atoms with Crippen LogP contribution in [-0.2, 0) is 0 Å². The number of ether oxygens (including phenoxy) is 1. The topological polar surface area (TPSA) is 93.5 Å². The van der Waals surface area contributed by atoms with Gasteiger partial charge in [0.15, 0.2) is 0 Å². The molecule has 7 nitrogen and oxygen atoms in total. The maximum atomic E-state index is 13.4. The third-order valence-corrected chi connectivity index (χ3v) is 3.03. The summed E-state index contributed by atoms with van der Waals surface area (Å²) in [7, 11) is 1.33. The highest BCUT2D eigenvalue weighted by atomic mass is 19.1. The number of amides is 2. The summed E-state index contributed by atoms with van der Waals surface area (Å²) in [5.74, 6) is -0.259. The van der Waals surface area contributed by atoms with Crippen LogP contribution in [0.1, 0.15) is 5.56 Å². The van der Waals surface area contributed by atoms with Crippen LogP contribution < -0.4 is 15.4 Å². The molecule has 2 aromatic carbocycles. The molecule has 124 valence electrons. The number of nitro benzene ring substituents is 1. The molecule has 2 amide bonds. The van der Waals surface area contributed by atoms with Gasteiger partial charge in [0.25, 0.3) is 5.69 Å². The van der Waals surface area contributed by atoms with Crippen LogP contribution in [0.4, 0.5) is 20.6 Å². The number of nitrogens with zero attached hydrogens (tertiary/aromatic N) is 1. The van der Waals surface area contributed by atoms with Gasteiger partial charge in [0.2, 0.25) is 0 Å². The lowest BCUT2D eigenvalue weighted by atomic mass is 10.2. The largest absolute Gasteiger partial charge is 0.494 e. The third kappa shape index (κ3) is 4.29. The zero-order valence-electron chi connectivity index (χ0n) is 12.7. The molecule has 0 radical (unpaired) electrons. The van der Waals surface area contributed by atoms with Gasteiger partial charge < -0.3 is 15.4 Å².